The van der Waals surface area contributed by atoms with E-state index in [0.717, 1.165) is 16.6 Å². The van der Waals surface area contributed by atoms with Crippen molar-refractivity contribution in [3.63, 3.8) is 0 Å². The number of benzene rings is 1. The van der Waals surface area contributed by atoms with Gasteiger partial charge in [-0.1, -0.05) is 19.3 Å². The van der Waals surface area contributed by atoms with Crippen LogP contribution in [0.25, 0.3) is 0 Å². The van der Waals surface area contributed by atoms with E-state index in [2.05, 4.69) is 0 Å². The van der Waals surface area contributed by atoms with E-state index in [1.54, 1.807) is 17.8 Å². The number of thioether (sulfide) groups is 1. The normalized spacial score (nSPS) is 17.6. The maximum absolute atomic E-state index is 9.84. The summed E-state index contributed by atoms with van der Waals surface area (Å²) in [5, 5.41) is 28.2. The molecule has 0 spiro atoms. The number of aliphatic hydroxyl groups is 1. The lowest BCUT2D eigenvalue weighted by molar-refractivity contribution is 0.183. The second kappa shape index (κ2) is 7.56. The standard InChI is InChI=1S/C16H21NO2S/c17-7-6-16(19)13-8-14(18)10-15(9-13)20-11-12-4-2-1-3-5-12/h8-10,12,16,18-19H,1-6,11H2. The molecule has 0 aliphatic heterocycles. The fourth-order valence-corrected chi connectivity index (χ4v) is 3.84. The van der Waals surface area contributed by atoms with Crippen molar-refractivity contribution < 1.29 is 10.2 Å². The Morgan fingerprint density at radius 2 is 2.00 bits per heavy atom. The van der Waals surface area contributed by atoms with Crippen LogP contribution in [0.15, 0.2) is 23.1 Å². The molecule has 1 aliphatic rings. The molecule has 20 heavy (non-hydrogen) atoms. The molecule has 0 bridgehead atoms. The van der Waals surface area contributed by atoms with Crippen LogP contribution in [-0.2, 0) is 0 Å². The second-order valence-corrected chi connectivity index (χ2v) is 6.55. The molecular weight excluding hydrogens is 270 g/mol. The van der Waals surface area contributed by atoms with Gasteiger partial charge >= 0.3 is 0 Å². The fraction of sp³-hybridized carbons (Fsp3) is 0.562. The van der Waals surface area contributed by atoms with Crippen molar-refractivity contribution in [3.8, 4) is 11.8 Å². The molecule has 2 rings (SSSR count). The highest BCUT2D eigenvalue weighted by atomic mass is 32.2. The van der Waals surface area contributed by atoms with Gasteiger partial charge < -0.3 is 10.2 Å². The lowest BCUT2D eigenvalue weighted by atomic mass is 9.91. The van der Waals surface area contributed by atoms with E-state index in [0.29, 0.717) is 5.56 Å². The van der Waals surface area contributed by atoms with Crippen molar-refractivity contribution in [3.05, 3.63) is 23.8 Å². The maximum Gasteiger partial charge on any atom is 0.117 e. The number of phenols is 1. The highest BCUT2D eigenvalue weighted by Gasteiger charge is 2.15. The van der Waals surface area contributed by atoms with Crippen molar-refractivity contribution in [1.82, 2.24) is 0 Å². The minimum absolute atomic E-state index is 0.0518. The first-order chi connectivity index (χ1) is 9.69. The first-order valence-corrected chi connectivity index (χ1v) is 8.19. The number of rotatable bonds is 5. The van der Waals surface area contributed by atoms with E-state index in [1.807, 2.05) is 12.1 Å². The first-order valence-electron chi connectivity index (χ1n) is 7.21. The van der Waals surface area contributed by atoms with Crippen molar-refractivity contribution >= 4 is 11.8 Å². The van der Waals surface area contributed by atoms with Crippen LogP contribution < -0.4 is 0 Å². The first kappa shape index (κ1) is 15.2. The average Bonchev–Trinajstić information content (AvgIpc) is 2.46. The monoisotopic (exact) mass is 291 g/mol. The highest BCUT2D eigenvalue weighted by molar-refractivity contribution is 7.99. The van der Waals surface area contributed by atoms with E-state index in [1.165, 1.54) is 38.2 Å². The Balaban J connectivity index is 1.98. The third-order valence-corrected chi connectivity index (χ3v) is 5.00. The quantitative estimate of drug-likeness (QED) is 0.804. The fourth-order valence-electron chi connectivity index (χ4n) is 2.65. The number of aromatic hydroxyl groups is 1. The van der Waals surface area contributed by atoms with Gasteiger partial charge in [0.25, 0.3) is 0 Å². The van der Waals surface area contributed by atoms with Crippen LogP contribution in [0.1, 0.15) is 50.2 Å². The van der Waals surface area contributed by atoms with E-state index in [-0.39, 0.29) is 12.2 Å². The van der Waals surface area contributed by atoms with Gasteiger partial charge in [-0.2, -0.15) is 5.26 Å². The molecule has 0 radical (unpaired) electrons. The predicted octanol–water partition coefficient (Wildman–Crippen LogP) is 4.01. The maximum atomic E-state index is 9.84. The van der Waals surface area contributed by atoms with Crippen LogP contribution in [0, 0.1) is 17.2 Å². The van der Waals surface area contributed by atoms with Crippen molar-refractivity contribution in [2.45, 2.75) is 49.5 Å². The molecule has 2 N–H and O–H groups in total. The molecule has 0 saturated heterocycles. The van der Waals surface area contributed by atoms with Crippen molar-refractivity contribution in [1.29, 1.82) is 5.26 Å². The van der Waals surface area contributed by atoms with Crippen LogP contribution in [0.5, 0.6) is 5.75 Å². The van der Waals surface area contributed by atoms with Crippen LogP contribution in [0.4, 0.5) is 0 Å². The van der Waals surface area contributed by atoms with Gasteiger partial charge in [0.05, 0.1) is 18.6 Å². The molecule has 1 aromatic carbocycles. The predicted molar refractivity (Wildman–Crippen MR) is 80.6 cm³/mol. The van der Waals surface area contributed by atoms with E-state index in [9.17, 15) is 10.2 Å². The van der Waals surface area contributed by atoms with Gasteiger partial charge in [-0.25, -0.2) is 0 Å². The zero-order valence-corrected chi connectivity index (χ0v) is 12.4. The lowest BCUT2D eigenvalue weighted by Gasteiger charge is -2.21. The van der Waals surface area contributed by atoms with Crippen molar-refractivity contribution in [2.75, 3.05) is 5.75 Å². The average molecular weight is 291 g/mol. The van der Waals surface area contributed by atoms with Gasteiger partial charge in [0, 0.05) is 10.6 Å². The molecule has 1 unspecified atom stereocenters. The number of aliphatic hydroxyl groups excluding tert-OH is 1. The summed E-state index contributed by atoms with van der Waals surface area (Å²) in [6, 6.07) is 7.10. The van der Waals surface area contributed by atoms with Crippen LogP contribution >= 0.6 is 11.8 Å². The molecule has 0 amide bonds. The Morgan fingerprint density at radius 3 is 2.70 bits per heavy atom. The zero-order valence-electron chi connectivity index (χ0n) is 11.6. The Kier molecular flexibility index (Phi) is 5.75. The number of nitrogens with zero attached hydrogens (tertiary/aromatic N) is 1. The summed E-state index contributed by atoms with van der Waals surface area (Å²) in [7, 11) is 0. The SMILES string of the molecule is N#CCC(O)c1cc(O)cc(SCC2CCCCC2)c1. The van der Waals surface area contributed by atoms with Gasteiger partial charge in [0.2, 0.25) is 0 Å². The molecule has 1 aromatic rings. The van der Waals surface area contributed by atoms with Crippen molar-refractivity contribution in [2.24, 2.45) is 5.92 Å². The molecule has 1 fully saturated rings. The summed E-state index contributed by atoms with van der Waals surface area (Å²) in [6.45, 7) is 0. The van der Waals surface area contributed by atoms with Gasteiger partial charge in [-0.15, -0.1) is 11.8 Å². The summed E-state index contributed by atoms with van der Waals surface area (Å²) in [5.41, 5.74) is 0.623. The molecule has 108 valence electrons. The zero-order chi connectivity index (χ0) is 14.4. The van der Waals surface area contributed by atoms with Crippen LogP contribution in [-0.4, -0.2) is 16.0 Å². The summed E-state index contributed by atoms with van der Waals surface area (Å²) in [5.74, 6) is 1.99. The van der Waals surface area contributed by atoms with Gasteiger partial charge in [-0.05, 0) is 42.5 Å². The summed E-state index contributed by atoms with van der Waals surface area (Å²) in [4.78, 5) is 0.975. The molecule has 3 nitrogen and oxygen atoms in total. The Hall–Kier alpha value is -1.18. The molecule has 1 aliphatic carbocycles. The third-order valence-electron chi connectivity index (χ3n) is 3.79. The molecule has 0 aromatic heterocycles. The van der Waals surface area contributed by atoms with E-state index in [4.69, 9.17) is 5.26 Å². The van der Waals surface area contributed by atoms with E-state index >= 15 is 0 Å². The minimum Gasteiger partial charge on any atom is -0.508 e. The molecule has 1 atom stereocenters. The number of hydrogen-bond donors (Lipinski definition) is 2. The largest absolute Gasteiger partial charge is 0.508 e. The van der Waals surface area contributed by atoms with Gasteiger partial charge in [0.15, 0.2) is 0 Å². The van der Waals surface area contributed by atoms with Crippen LogP contribution in [0.3, 0.4) is 0 Å². The van der Waals surface area contributed by atoms with Gasteiger partial charge in [-0.3, -0.25) is 0 Å². The third kappa shape index (κ3) is 4.43. The second-order valence-electron chi connectivity index (χ2n) is 5.45. The molecule has 4 heteroatoms. The molecule has 0 heterocycles. The lowest BCUT2D eigenvalue weighted by Crippen LogP contribution is -2.08. The van der Waals surface area contributed by atoms with Crippen LogP contribution in [0.2, 0.25) is 0 Å². The smallest absolute Gasteiger partial charge is 0.117 e. The number of hydrogen-bond acceptors (Lipinski definition) is 4. The summed E-state index contributed by atoms with van der Waals surface area (Å²) < 4.78 is 0. The number of phenolic OH excluding ortho intramolecular Hbond substituents is 1. The molecular formula is C16H21NO2S. The topological polar surface area (TPSA) is 64.2 Å². The Bertz CT molecular complexity index is 478. The highest BCUT2D eigenvalue weighted by Crippen LogP contribution is 2.33. The Labute approximate surface area is 124 Å². The Morgan fingerprint density at radius 1 is 1.25 bits per heavy atom. The minimum atomic E-state index is -0.818. The van der Waals surface area contributed by atoms with E-state index < -0.39 is 6.10 Å². The number of nitriles is 1. The summed E-state index contributed by atoms with van der Waals surface area (Å²) in [6.07, 6.45) is 5.86. The van der Waals surface area contributed by atoms with Gasteiger partial charge in [0.1, 0.15) is 5.75 Å². The summed E-state index contributed by atoms with van der Waals surface area (Å²) >= 11 is 1.74. The molecule has 1 saturated carbocycles.